The number of hydrogen-bond donors (Lipinski definition) is 1. The second-order valence-corrected chi connectivity index (χ2v) is 5.84. The first-order valence-corrected chi connectivity index (χ1v) is 7.56. The molecule has 0 bridgehead atoms. The molecule has 1 aliphatic carbocycles. The molecular formula is C17H23N3. The Morgan fingerprint density at radius 3 is 2.55 bits per heavy atom. The van der Waals surface area contributed by atoms with Gasteiger partial charge >= 0.3 is 0 Å². The van der Waals surface area contributed by atoms with Crippen LogP contribution < -0.4 is 5.32 Å². The molecule has 2 aromatic rings. The molecule has 1 aromatic carbocycles. The highest BCUT2D eigenvalue weighted by molar-refractivity contribution is 5.20. The molecule has 0 radical (unpaired) electrons. The number of nitrogens with one attached hydrogen (secondary N) is 1. The zero-order valence-electron chi connectivity index (χ0n) is 12.1. The van der Waals surface area contributed by atoms with E-state index in [2.05, 4.69) is 52.2 Å². The second-order valence-electron chi connectivity index (χ2n) is 5.84. The number of benzene rings is 1. The summed E-state index contributed by atoms with van der Waals surface area (Å²) in [5.41, 5.74) is 2.77. The van der Waals surface area contributed by atoms with Gasteiger partial charge in [-0.1, -0.05) is 30.3 Å². The van der Waals surface area contributed by atoms with E-state index in [0.29, 0.717) is 6.04 Å². The van der Waals surface area contributed by atoms with Crippen LogP contribution in [-0.4, -0.2) is 15.6 Å². The molecule has 106 valence electrons. The summed E-state index contributed by atoms with van der Waals surface area (Å²) < 4.78 is 2.09. The molecular weight excluding hydrogens is 246 g/mol. The molecule has 1 N–H and O–H groups in total. The van der Waals surface area contributed by atoms with Gasteiger partial charge in [0, 0.05) is 25.8 Å². The Balaban J connectivity index is 1.48. The maximum atomic E-state index is 4.16. The Labute approximate surface area is 121 Å². The molecule has 1 fully saturated rings. The van der Waals surface area contributed by atoms with Crippen molar-refractivity contribution >= 4 is 0 Å². The molecule has 3 rings (SSSR count). The summed E-state index contributed by atoms with van der Waals surface area (Å²) in [6, 6.07) is 11.6. The Morgan fingerprint density at radius 2 is 1.90 bits per heavy atom. The van der Waals surface area contributed by atoms with Gasteiger partial charge in [0.2, 0.25) is 0 Å². The molecule has 0 amide bonds. The third-order valence-corrected chi connectivity index (χ3v) is 4.49. The van der Waals surface area contributed by atoms with Gasteiger partial charge in [0.1, 0.15) is 0 Å². The van der Waals surface area contributed by atoms with Crippen LogP contribution in [0.2, 0.25) is 0 Å². The van der Waals surface area contributed by atoms with Gasteiger partial charge in [-0.05, 0) is 37.2 Å². The molecule has 0 aliphatic heterocycles. The van der Waals surface area contributed by atoms with Crippen molar-refractivity contribution in [2.75, 3.05) is 0 Å². The van der Waals surface area contributed by atoms with E-state index in [9.17, 15) is 0 Å². The van der Waals surface area contributed by atoms with E-state index in [-0.39, 0.29) is 0 Å². The Bertz CT molecular complexity index is 524. The molecule has 1 aliphatic rings. The van der Waals surface area contributed by atoms with E-state index >= 15 is 0 Å². The van der Waals surface area contributed by atoms with Crippen molar-refractivity contribution in [3.8, 4) is 0 Å². The topological polar surface area (TPSA) is 29.9 Å². The Morgan fingerprint density at radius 1 is 1.15 bits per heavy atom. The molecule has 3 heteroatoms. The molecule has 0 spiro atoms. The fourth-order valence-corrected chi connectivity index (χ4v) is 3.16. The van der Waals surface area contributed by atoms with Gasteiger partial charge in [-0.2, -0.15) is 0 Å². The molecule has 1 heterocycles. The zero-order valence-corrected chi connectivity index (χ0v) is 12.1. The predicted octanol–water partition coefficient (Wildman–Crippen LogP) is 3.24. The van der Waals surface area contributed by atoms with Gasteiger partial charge < -0.3 is 9.88 Å². The molecule has 1 saturated carbocycles. The maximum Gasteiger partial charge on any atom is 0.0945 e. The first-order chi connectivity index (χ1) is 9.83. The van der Waals surface area contributed by atoms with E-state index < -0.39 is 0 Å². The van der Waals surface area contributed by atoms with Crippen molar-refractivity contribution in [2.45, 2.75) is 44.2 Å². The van der Waals surface area contributed by atoms with Gasteiger partial charge in [0.15, 0.2) is 0 Å². The minimum Gasteiger partial charge on any atom is -0.337 e. The van der Waals surface area contributed by atoms with Crippen LogP contribution in [0.1, 0.15) is 42.9 Å². The summed E-state index contributed by atoms with van der Waals surface area (Å²) in [6.07, 6.45) is 8.96. The zero-order chi connectivity index (χ0) is 13.8. The van der Waals surface area contributed by atoms with Crippen LogP contribution in [0.3, 0.4) is 0 Å². The predicted molar refractivity (Wildman–Crippen MR) is 81.5 cm³/mol. The number of nitrogens with zero attached hydrogens (tertiary/aromatic N) is 2. The van der Waals surface area contributed by atoms with Gasteiger partial charge in [-0.3, -0.25) is 0 Å². The monoisotopic (exact) mass is 269 g/mol. The van der Waals surface area contributed by atoms with Gasteiger partial charge in [-0.15, -0.1) is 0 Å². The highest BCUT2D eigenvalue weighted by Crippen LogP contribution is 2.32. The lowest BCUT2D eigenvalue weighted by Gasteiger charge is -2.29. The van der Waals surface area contributed by atoms with E-state index in [1.807, 2.05) is 12.5 Å². The lowest BCUT2D eigenvalue weighted by Crippen LogP contribution is -2.32. The second kappa shape index (κ2) is 6.23. The third kappa shape index (κ3) is 3.10. The Hall–Kier alpha value is -1.61. The molecule has 0 atom stereocenters. The van der Waals surface area contributed by atoms with Crippen LogP contribution in [0.25, 0.3) is 0 Å². The van der Waals surface area contributed by atoms with Gasteiger partial charge in [-0.25, -0.2) is 4.98 Å². The fraction of sp³-hybridized carbons (Fsp3) is 0.471. The molecule has 1 aromatic heterocycles. The molecule has 0 unspecified atom stereocenters. The third-order valence-electron chi connectivity index (χ3n) is 4.49. The summed E-state index contributed by atoms with van der Waals surface area (Å²) in [7, 11) is 2.05. The summed E-state index contributed by atoms with van der Waals surface area (Å²) in [4.78, 5) is 4.16. The first kappa shape index (κ1) is 13.4. The normalized spacial score (nSPS) is 22.9. The van der Waals surface area contributed by atoms with Crippen molar-refractivity contribution in [1.82, 2.24) is 14.9 Å². The highest BCUT2D eigenvalue weighted by Gasteiger charge is 2.21. The number of rotatable bonds is 4. The van der Waals surface area contributed by atoms with Gasteiger partial charge in [0.05, 0.1) is 12.0 Å². The van der Waals surface area contributed by atoms with Crippen LogP contribution in [0.5, 0.6) is 0 Å². The van der Waals surface area contributed by atoms with Crippen LogP contribution in [0.4, 0.5) is 0 Å². The smallest absolute Gasteiger partial charge is 0.0945 e. The lowest BCUT2D eigenvalue weighted by atomic mass is 9.82. The van der Waals surface area contributed by atoms with Crippen molar-refractivity contribution in [3.63, 3.8) is 0 Å². The van der Waals surface area contributed by atoms with Crippen molar-refractivity contribution < 1.29 is 0 Å². The number of aromatic nitrogens is 2. The molecule has 20 heavy (non-hydrogen) atoms. The summed E-state index contributed by atoms with van der Waals surface area (Å²) >= 11 is 0. The van der Waals surface area contributed by atoms with Crippen LogP contribution >= 0.6 is 0 Å². The minimum atomic E-state index is 0.657. The Kier molecular flexibility index (Phi) is 4.16. The van der Waals surface area contributed by atoms with Crippen molar-refractivity contribution in [1.29, 1.82) is 0 Å². The largest absolute Gasteiger partial charge is 0.337 e. The standard InChI is InChI=1S/C17H23N3/c1-20-13-18-11-17(20)12-19-16-9-7-15(8-10-16)14-5-3-2-4-6-14/h2-6,11,13,15-16,19H,7-10,12H2,1H3. The SMILES string of the molecule is Cn1cncc1CNC1CCC(c2ccccc2)CC1. The van der Waals surface area contributed by atoms with Crippen LogP contribution in [0, 0.1) is 0 Å². The average Bonchev–Trinajstić information content (AvgIpc) is 2.92. The molecule has 3 nitrogen and oxygen atoms in total. The van der Waals surface area contributed by atoms with E-state index in [1.165, 1.54) is 36.9 Å². The summed E-state index contributed by atoms with van der Waals surface area (Å²) in [5, 5.41) is 3.68. The maximum absolute atomic E-state index is 4.16. The number of hydrogen-bond acceptors (Lipinski definition) is 2. The summed E-state index contributed by atoms with van der Waals surface area (Å²) in [6.45, 7) is 0.928. The minimum absolute atomic E-state index is 0.657. The van der Waals surface area contributed by atoms with E-state index in [1.54, 1.807) is 0 Å². The summed E-state index contributed by atoms with van der Waals surface area (Å²) in [5.74, 6) is 0.756. The van der Waals surface area contributed by atoms with Crippen LogP contribution in [0.15, 0.2) is 42.9 Å². The molecule has 0 saturated heterocycles. The van der Waals surface area contributed by atoms with Crippen molar-refractivity contribution in [2.24, 2.45) is 7.05 Å². The average molecular weight is 269 g/mol. The number of aryl methyl sites for hydroxylation is 1. The quantitative estimate of drug-likeness (QED) is 0.923. The fourth-order valence-electron chi connectivity index (χ4n) is 3.16. The van der Waals surface area contributed by atoms with Gasteiger partial charge in [0.25, 0.3) is 0 Å². The number of imidazole rings is 1. The lowest BCUT2D eigenvalue weighted by molar-refractivity contribution is 0.339. The highest BCUT2D eigenvalue weighted by atomic mass is 15.0. The van der Waals surface area contributed by atoms with Crippen molar-refractivity contribution in [3.05, 3.63) is 54.1 Å². The van der Waals surface area contributed by atoms with Crippen LogP contribution in [-0.2, 0) is 13.6 Å². The van der Waals surface area contributed by atoms with E-state index in [0.717, 1.165) is 12.5 Å². The van der Waals surface area contributed by atoms with E-state index in [4.69, 9.17) is 0 Å². The first-order valence-electron chi connectivity index (χ1n) is 7.56.